The number of carbonyl (C=O) groups excluding carboxylic acids is 1. The van der Waals surface area contributed by atoms with Crippen LogP contribution in [0.1, 0.15) is 30.9 Å². The highest BCUT2D eigenvalue weighted by atomic mass is 35.5. The van der Waals surface area contributed by atoms with Gasteiger partial charge in [-0.1, -0.05) is 18.5 Å². The maximum atomic E-state index is 12.4. The van der Waals surface area contributed by atoms with Crippen LogP contribution < -0.4 is 4.74 Å². The molecule has 3 nitrogen and oxygen atoms in total. The SMILES string of the molecule is COc1c(C)cc(Cl)cc1CC(=O)N1CCCC(C)C1. The molecule has 1 aromatic rings. The molecular weight excluding hydrogens is 274 g/mol. The lowest BCUT2D eigenvalue weighted by Gasteiger charge is -2.31. The van der Waals surface area contributed by atoms with E-state index < -0.39 is 0 Å². The molecule has 1 amide bonds. The zero-order valence-electron chi connectivity index (χ0n) is 12.4. The van der Waals surface area contributed by atoms with Gasteiger partial charge in [0, 0.05) is 23.7 Å². The van der Waals surface area contributed by atoms with Crippen molar-refractivity contribution < 1.29 is 9.53 Å². The molecule has 1 aliphatic rings. The predicted molar refractivity (Wildman–Crippen MR) is 81.4 cm³/mol. The minimum absolute atomic E-state index is 0.163. The summed E-state index contributed by atoms with van der Waals surface area (Å²) in [6.07, 6.45) is 2.67. The lowest BCUT2D eigenvalue weighted by molar-refractivity contribution is -0.132. The number of aryl methyl sites for hydroxylation is 1. The highest BCUT2D eigenvalue weighted by molar-refractivity contribution is 6.30. The quantitative estimate of drug-likeness (QED) is 0.855. The van der Waals surface area contributed by atoms with Gasteiger partial charge in [0.05, 0.1) is 13.5 Å². The van der Waals surface area contributed by atoms with Crippen molar-refractivity contribution in [3.8, 4) is 5.75 Å². The van der Waals surface area contributed by atoms with Crippen LogP contribution in [0.4, 0.5) is 0 Å². The van der Waals surface area contributed by atoms with Gasteiger partial charge in [-0.15, -0.1) is 0 Å². The molecule has 0 radical (unpaired) electrons. The molecule has 1 saturated heterocycles. The van der Waals surface area contributed by atoms with Crippen molar-refractivity contribution in [2.75, 3.05) is 20.2 Å². The van der Waals surface area contributed by atoms with Crippen molar-refractivity contribution in [2.24, 2.45) is 5.92 Å². The number of hydrogen-bond acceptors (Lipinski definition) is 2. The molecule has 110 valence electrons. The summed E-state index contributed by atoms with van der Waals surface area (Å²) in [5.41, 5.74) is 1.84. The van der Waals surface area contributed by atoms with E-state index in [2.05, 4.69) is 6.92 Å². The molecule has 0 saturated carbocycles. The second-order valence-corrected chi connectivity index (χ2v) is 6.12. The van der Waals surface area contributed by atoms with Crippen LogP contribution in [0, 0.1) is 12.8 Å². The van der Waals surface area contributed by atoms with Crippen LogP contribution in [-0.4, -0.2) is 31.0 Å². The third-order valence-electron chi connectivity index (χ3n) is 3.87. The first-order valence-electron chi connectivity index (χ1n) is 7.12. The second-order valence-electron chi connectivity index (χ2n) is 5.68. The van der Waals surface area contributed by atoms with Gasteiger partial charge in [0.2, 0.25) is 5.91 Å². The van der Waals surface area contributed by atoms with E-state index in [-0.39, 0.29) is 5.91 Å². The molecule has 0 aromatic heterocycles. The molecule has 1 heterocycles. The Morgan fingerprint density at radius 3 is 2.90 bits per heavy atom. The number of methoxy groups -OCH3 is 1. The minimum Gasteiger partial charge on any atom is -0.496 e. The third-order valence-corrected chi connectivity index (χ3v) is 4.09. The maximum absolute atomic E-state index is 12.4. The molecule has 1 aromatic carbocycles. The van der Waals surface area contributed by atoms with Crippen molar-refractivity contribution in [1.29, 1.82) is 0 Å². The number of halogens is 1. The topological polar surface area (TPSA) is 29.5 Å². The zero-order chi connectivity index (χ0) is 14.7. The summed E-state index contributed by atoms with van der Waals surface area (Å²) in [6, 6.07) is 3.69. The van der Waals surface area contributed by atoms with Gasteiger partial charge in [0.25, 0.3) is 0 Å². The molecule has 1 unspecified atom stereocenters. The van der Waals surface area contributed by atoms with Crippen LogP contribution in [-0.2, 0) is 11.2 Å². The van der Waals surface area contributed by atoms with E-state index in [1.165, 1.54) is 6.42 Å². The van der Waals surface area contributed by atoms with Gasteiger partial charge in [-0.2, -0.15) is 0 Å². The first-order chi connectivity index (χ1) is 9.51. The van der Waals surface area contributed by atoms with Crippen LogP contribution in [0.2, 0.25) is 5.02 Å². The van der Waals surface area contributed by atoms with Gasteiger partial charge < -0.3 is 9.64 Å². The lowest BCUT2D eigenvalue weighted by atomic mass is 9.99. The fraction of sp³-hybridized carbons (Fsp3) is 0.562. The molecule has 0 N–H and O–H groups in total. The van der Waals surface area contributed by atoms with Gasteiger partial charge in [-0.3, -0.25) is 4.79 Å². The van der Waals surface area contributed by atoms with Crippen molar-refractivity contribution in [3.05, 3.63) is 28.3 Å². The summed E-state index contributed by atoms with van der Waals surface area (Å²) in [7, 11) is 1.63. The van der Waals surface area contributed by atoms with Crippen molar-refractivity contribution in [3.63, 3.8) is 0 Å². The van der Waals surface area contributed by atoms with Gasteiger partial charge >= 0.3 is 0 Å². The van der Waals surface area contributed by atoms with E-state index in [9.17, 15) is 4.79 Å². The summed E-state index contributed by atoms with van der Waals surface area (Å²) in [5, 5.41) is 0.651. The number of ether oxygens (including phenoxy) is 1. The number of hydrogen-bond donors (Lipinski definition) is 0. The van der Waals surface area contributed by atoms with E-state index in [0.717, 1.165) is 36.4 Å². The van der Waals surface area contributed by atoms with E-state index >= 15 is 0 Å². The van der Waals surface area contributed by atoms with E-state index in [1.54, 1.807) is 7.11 Å². The number of rotatable bonds is 3. The Kier molecular flexibility index (Phi) is 4.92. The standard InChI is InChI=1S/C16H22ClNO2/c1-11-5-4-6-18(10-11)15(19)9-13-8-14(17)7-12(2)16(13)20-3/h7-8,11H,4-6,9-10H2,1-3H3. The fourth-order valence-corrected chi connectivity index (χ4v) is 3.21. The number of nitrogens with zero attached hydrogens (tertiary/aromatic N) is 1. The molecule has 0 aliphatic carbocycles. The van der Waals surface area contributed by atoms with Crippen LogP contribution in [0.15, 0.2) is 12.1 Å². The monoisotopic (exact) mass is 295 g/mol. The molecular formula is C16H22ClNO2. The molecule has 1 atom stereocenters. The second kappa shape index (κ2) is 6.49. The third kappa shape index (κ3) is 3.45. The van der Waals surface area contributed by atoms with Crippen molar-refractivity contribution in [2.45, 2.75) is 33.1 Å². The summed E-state index contributed by atoms with van der Waals surface area (Å²) < 4.78 is 5.41. The Morgan fingerprint density at radius 1 is 1.50 bits per heavy atom. The summed E-state index contributed by atoms with van der Waals surface area (Å²) in [5.74, 6) is 1.53. The van der Waals surface area contributed by atoms with Gasteiger partial charge in [-0.25, -0.2) is 0 Å². The highest BCUT2D eigenvalue weighted by Gasteiger charge is 2.22. The molecule has 4 heteroatoms. The average Bonchev–Trinajstić information content (AvgIpc) is 2.38. The van der Waals surface area contributed by atoms with Gasteiger partial charge in [-0.05, 0) is 43.4 Å². The van der Waals surface area contributed by atoms with Crippen molar-refractivity contribution >= 4 is 17.5 Å². The Morgan fingerprint density at radius 2 is 2.25 bits per heavy atom. The van der Waals surface area contributed by atoms with E-state index in [0.29, 0.717) is 17.4 Å². The number of piperidine rings is 1. The number of amides is 1. The van der Waals surface area contributed by atoms with E-state index in [4.69, 9.17) is 16.3 Å². The molecule has 0 spiro atoms. The lowest BCUT2D eigenvalue weighted by Crippen LogP contribution is -2.40. The Balaban J connectivity index is 2.15. The summed E-state index contributed by atoms with van der Waals surface area (Å²) in [4.78, 5) is 14.4. The molecule has 1 fully saturated rings. The molecule has 1 aliphatic heterocycles. The first-order valence-corrected chi connectivity index (χ1v) is 7.50. The number of carbonyl (C=O) groups is 1. The predicted octanol–water partition coefficient (Wildman–Crippen LogP) is 3.46. The fourth-order valence-electron chi connectivity index (χ4n) is 2.91. The number of likely N-dealkylation sites (tertiary alicyclic amines) is 1. The smallest absolute Gasteiger partial charge is 0.227 e. The Bertz CT molecular complexity index is 501. The van der Waals surface area contributed by atoms with Crippen LogP contribution >= 0.6 is 11.6 Å². The van der Waals surface area contributed by atoms with Crippen LogP contribution in [0.5, 0.6) is 5.75 Å². The van der Waals surface area contributed by atoms with Crippen LogP contribution in [0.25, 0.3) is 0 Å². The van der Waals surface area contributed by atoms with Gasteiger partial charge in [0.1, 0.15) is 5.75 Å². The molecule has 0 bridgehead atoms. The Labute approximate surface area is 125 Å². The largest absolute Gasteiger partial charge is 0.496 e. The van der Waals surface area contributed by atoms with Crippen LogP contribution in [0.3, 0.4) is 0 Å². The summed E-state index contributed by atoms with van der Waals surface area (Å²) >= 11 is 6.09. The molecule has 2 rings (SSSR count). The van der Waals surface area contributed by atoms with Gasteiger partial charge in [0.15, 0.2) is 0 Å². The normalized spacial score (nSPS) is 19.0. The zero-order valence-corrected chi connectivity index (χ0v) is 13.2. The molecule has 20 heavy (non-hydrogen) atoms. The first kappa shape index (κ1) is 15.2. The highest BCUT2D eigenvalue weighted by Crippen LogP contribution is 2.28. The number of benzene rings is 1. The van der Waals surface area contributed by atoms with E-state index in [1.807, 2.05) is 24.0 Å². The average molecular weight is 296 g/mol. The maximum Gasteiger partial charge on any atom is 0.227 e. The summed E-state index contributed by atoms with van der Waals surface area (Å²) in [6.45, 7) is 5.87. The van der Waals surface area contributed by atoms with Crippen molar-refractivity contribution in [1.82, 2.24) is 4.90 Å². The minimum atomic E-state index is 0.163. The Hall–Kier alpha value is -1.22.